The quantitative estimate of drug-likeness (QED) is 0.751. The molecule has 0 fully saturated rings. The van der Waals surface area contributed by atoms with E-state index in [9.17, 15) is 0 Å². The SMILES string of the molecule is CC[C@@H](N)c1ccc2c(c1)CCCN2. The van der Waals surface area contributed by atoms with Gasteiger partial charge in [-0.3, -0.25) is 0 Å². The van der Waals surface area contributed by atoms with Crippen LogP contribution in [0.3, 0.4) is 0 Å². The van der Waals surface area contributed by atoms with E-state index in [1.54, 1.807) is 0 Å². The van der Waals surface area contributed by atoms with Crippen molar-refractivity contribution in [3.8, 4) is 0 Å². The summed E-state index contributed by atoms with van der Waals surface area (Å²) in [5, 5.41) is 3.41. The van der Waals surface area contributed by atoms with Gasteiger partial charge in [-0.05, 0) is 36.5 Å². The molecule has 14 heavy (non-hydrogen) atoms. The maximum atomic E-state index is 6.01. The summed E-state index contributed by atoms with van der Waals surface area (Å²) in [4.78, 5) is 0. The van der Waals surface area contributed by atoms with Crippen LogP contribution < -0.4 is 11.1 Å². The largest absolute Gasteiger partial charge is 0.385 e. The smallest absolute Gasteiger partial charge is 0.0372 e. The molecule has 0 aliphatic carbocycles. The van der Waals surface area contributed by atoms with Gasteiger partial charge >= 0.3 is 0 Å². The Balaban J connectivity index is 2.29. The predicted octanol–water partition coefficient (Wildman–Crippen LogP) is 2.45. The third kappa shape index (κ3) is 1.75. The Hall–Kier alpha value is -1.02. The van der Waals surface area contributed by atoms with Crippen LogP contribution in [0.15, 0.2) is 18.2 Å². The number of nitrogens with two attached hydrogens (primary N) is 1. The Kier molecular flexibility index (Phi) is 2.73. The molecule has 0 spiro atoms. The van der Waals surface area contributed by atoms with Crippen LogP contribution in [0.25, 0.3) is 0 Å². The topological polar surface area (TPSA) is 38.0 Å². The number of anilines is 1. The molecule has 0 aromatic heterocycles. The van der Waals surface area contributed by atoms with E-state index in [1.165, 1.54) is 29.7 Å². The van der Waals surface area contributed by atoms with Crippen LogP contribution in [0.1, 0.15) is 36.9 Å². The molecule has 1 aromatic rings. The third-order valence-corrected chi connectivity index (χ3v) is 2.94. The molecule has 0 unspecified atom stereocenters. The molecule has 0 amide bonds. The third-order valence-electron chi connectivity index (χ3n) is 2.94. The van der Waals surface area contributed by atoms with E-state index >= 15 is 0 Å². The monoisotopic (exact) mass is 190 g/mol. The van der Waals surface area contributed by atoms with Crippen molar-refractivity contribution < 1.29 is 0 Å². The number of nitrogens with one attached hydrogen (secondary N) is 1. The number of hydrogen-bond donors (Lipinski definition) is 2. The highest BCUT2D eigenvalue weighted by molar-refractivity contribution is 5.54. The maximum Gasteiger partial charge on any atom is 0.0372 e. The van der Waals surface area contributed by atoms with Crippen LogP contribution >= 0.6 is 0 Å². The van der Waals surface area contributed by atoms with Crippen LogP contribution in [-0.2, 0) is 6.42 Å². The molecule has 2 heteroatoms. The van der Waals surface area contributed by atoms with Gasteiger partial charge < -0.3 is 11.1 Å². The van der Waals surface area contributed by atoms with E-state index in [-0.39, 0.29) is 6.04 Å². The summed E-state index contributed by atoms with van der Waals surface area (Å²) in [6.07, 6.45) is 3.43. The zero-order chi connectivity index (χ0) is 9.97. The Bertz CT molecular complexity index is 320. The minimum Gasteiger partial charge on any atom is -0.385 e. The summed E-state index contributed by atoms with van der Waals surface area (Å²) in [5.41, 5.74) is 10.0. The molecule has 0 saturated carbocycles. The normalized spacial score (nSPS) is 17.0. The van der Waals surface area contributed by atoms with Gasteiger partial charge in [0.25, 0.3) is 0 Å². The predicted molar refractivity (Wildman–Crippen MR) is 60.5 cm³/mol. The van der Waals surface area contributed by atoms with Crippen molar-refractivity contribution >= 4 is 5.69 Å². The van der Waals surface area contributed by atoms with Crippen molar-refractivity contribution in [2.45, 2.75) is 32.2 Å². The average molecular weight is 190 g/mol. The second-order valence-corrected chi connectivity index (χ2v) is 3.96. The van der Waals surface area contributed by atoms with Gasteiger partial charge in [0, 0.05) is 18.3 Å². The highest BCUT2D eigenvalue weighted by atomic mass is 14.9. The number of hydrogen-bond acceptors (Lipinski definition) is 2. The Morgan fingerprint density at radius 1 is 1.50 bits per heavy atom. The lowest BCUT2D eigenvalue weighted by molar-refractivity contribution is 0.695. The second-order valence-electron chi connectivity index (χ2n) is 3.96. The number of fused-ring (bicyclic) bond motifs is 1. The van der Waals surface area contributed by atoms with E-state index in [2.05, 4.69) is 30.4 Å². The molecule has 1 atom stereocenters. The zero-order valence-electron chi connectivity index (χ0n) is 8.72. The van der Waals surface area contributed by atoms with Gasteiger partial charge in [-0.15, -0.1) is 0 Å². The van der Waals surface area contributed by atoms with Gasteiger partial charge in [0.2, 0.25) is 0 Å². The molecule has 1 aromatic carbocycles. The summed E-state index contributed by atoms with van der Waals surface area (Å²) in [6.45, 7) is 3.23. The molecule has 0 saturated heterocycles. The summed E-state index contributed by atoms with van der Waals surface area (Å²) in [5.74, 6) is 0. The lowest BCUT2D eigenvalue weighted by Gasteiger charge is -2.20. The van der Waals surface area contributed by atoms with Gasteiger partial charge in [0.1, 0.15) is 0 Å². The van der Waals surface area contributed by atoms with Crippen LogP contribution in [-0.4, -0.2) is 6.54 Å². The fraction of sp³-hybridized carbons (Fsp3) is 0.500. The van der Waals surface area contributed by atoms with Crippen molar-refractivity contribution in [1.29, 1.82) is 0 Å². The molecule has 0 bridgehead atoms. The highest BCUT2D eigenvalue weighted by Gasteiger charge is 2.10. The van der Waals surface area contributed by atoms with Gasteiger partial charge in [-0.2, -0.15) is 0 Å². The van der Waals surface area contributed by atoms with Crippen LogP contribution in [0.2, 0.25) is 0 Å². The number of aryl methyl sites for hydroxylation is 1. The lowest BCUT2D eigenvalue weighted by Crippen LogP contribution is -2.14. The molecule has 0 radical (unpaired) electrons. The molecule has 1 heterocycles. The minimum atomic E-state index is 0.197. The molecule has 1 aliphatic heterocycles. The van der Waals surface area contributed by atoms with Crippen LogP contribution in [0.5, 0.6) is 0 Å². The molecule has 76 valence electrons. The van der Waals surface area contributed by atoms with E-state index in [0.717, 1.165) is 13.0 Å². The van der Waals surface area contributed by atoms with Crippen molar-refractivity contribution in [1.82, 2.24) is 0 Å². The van der Waals surface area contributed by atoms with E-state index in [4.69, 9.17) is 5.73 Å². The van der Waals surface area contributed by atoms with Crippen LogP contribution in [0.4, 0.5) is 5.69 Å². The first-order chi connectivity index (χ1) is 6.81. The van der Waals surface area contributed by atoms with E-state index in [1.807, 2.05) is 0 Å². The maximum absolute atomic E-state index is 6.01. The van der Waals surface area contributed by atoms with Gasteiger partial charge in [-0.1, -0.05) is 19.1 Å². The van der Waals surface area contributed by atoms with Gasteiger partial charge in [0.05, 0.1) is 0 Å². The first-order valence-corrected chi connectivity index (χ1v) is 5.43. The lowest BCUT2D eigenvalue weighted by atomic mass is 9.97. The van der Waals surface area contributed by atoms with Gasteiger partial charge in [0.15, 0.2) is 0 Å². The fourth-order valence-electron chi connectivity index (χ4n) is 1.96. The van der Waals surface area contributed by atoms with Crippen molar-refractivity contribution in [3.63, 3.8) is 0 Å². The highest BCUT2D eigenvalue weighted by Crippen LogP contribution is 2.25. The standard InChI is InChI=1S/C12H18N2/c1-2-11(13)9-5-6-12-10(8-9)4-3-7-14-12/h5-6,8,11,14H,2-4,7,13H2,1H3/t11-/m1/s1. The molecular weight excluding hydrogens is 172 g/mol. The first-order valence-electron chi connectivity index (χ1n) is 5.43. The zero-order valence-corrected chi connectivity index (χ0v) is 8.72. The van der Waals surface area contributed by atoms with Crippen molar-refractivity contribution in [3.05, 3.63) is 29.3 Å². The Morgan fingerprint density at radius 3 is 3.14 bits per heavy atom. The molecule has 1 aliphatic rings. The van der Waals surface area contributed by atoms with Crippen molar-refractivity contribution in [2.24, 2.45) is 5.73 Å². The molecule has 2 nitrogen and oxygen atoms in total. The van der Waals surface area contributed by atoms with E-state index in [0.29, 0.717) is 0 Å². The number of rotatable bonds is 2. The molecule has 2 rings (SSSR count). The Morgan fingerprint density at radius 2 is 2.36 bits per heavy atom. The Labute approximate surface area is 85.5 Å². The van der Waals surface area contributed by atoms with Crippen LogP contribution in [0, 0.1) is 0 Å². The summed E-state index contributed by atoms with van der Waals surface area (Å²) >= 11 is 0. The van der Waals surface area contributed by atoms with Gasteiger partial charge in [-0.25, -0.2) is 0 Å². The number of benzene rings is 1. The summed E-state index contributed by atoms with van der Waals surface area (Å²) < 4.78 is 0. The molecule has 3 N–H and O–H groups in total. The fourth-order valence-corrected chi connectivity index (χ4v) is 1.96. The van der Waals surface area contributed by atoms with E-state index < -0.39 is 0 Å². The molecular formula is C12H18N2. The summed E-state index contributed by atoms with van der Waals surface area (Å²) in [6, 6.07) is 6.77. The second kappa shape index (κ2) is 4.01. The summed E-state index contributed by atoms with van der Waals surface area (Å²) in [7, 11) is 0. The van der Waals surface area contributed by atoms with Crippen molar-refractivity contribution in [2.75, 3.05) is 11.9 Å². The first kappa shape index (κ1) is 9.53. The average Bonchev–Trinajstić information content (AvgIpc) is 2.27. The minimum absolute atomic E-state index is 0.197.